The minimum absolute atomic E-state index is 0.139. The standard InChI is InChI=1S/C11H17N/c1-6-8-10(11(3,4)5)12-9-7-2/h2,6,8-10H,1,3-5H3/b8-6-,12-9?/t10-/m0/s1. The lowest BCUT2D eigenvalue weighted by atomic mass is 9.87. The summed E-state index contributed by atoms with van der Waals surface area (Å²) in [4.78, 5) is 4.26. The first-order valence-electron chi connectivity index (χ1n) is 4.13. The average molecular weight is 163 g/mol. The van der Waals surface area contributed by atoms with Gasteiger partial charge in [0, 0.05) is 0 Å². The van der Waals surface area contributed by atoms with E-state index in [0.29, 0.717) is 0 Å². The molecule has 0 heterocycles. The van der Waals surface area contributed by atoms with Crippen molar-refractivity contribution in [3.63, 3.8) is 0 Å². The minimum atomic E-state index is 0.139. The highest BCUT2D eigenvalue weighted by Crippen LogP contribution is 2.22. The summed E-state index contributed by atoms with van der Waals surface area (Å²) in [5.74, 6) is 2.40. The van der Waals surface area contributed by atoms with E-state index in [-0.39, 0.29) is 11.5 Å². The fourth-order valence-electron chi connectivity index (χ4n) is 0.868. The number of aliphatic imine (C=N–C) groups is 1. The fourth-order valence-corrected chi connectivity index (χ4v) is 0.868. The number of hydrogen-bond acceptors (Lipinski definition) is 1. The quantitative estimate of drug-likeness (QED) is 0.337. The molecular weight excluding hydrogens is 146 g/mol. The molecule has 0 N–H and O–H groups in total. The van der Waals surface area contributed by atoms with Crippen LogP contribution >= 0.6 is 0 Å². The first kappa shape index (κ1) is 11.0. The van der Waals surface area contributed by atoms with Gasteiger partial charge in [0.05, 0.1) is 12.3 Å². The van der Waals surface area contributed by atoms with Crippen LogP contribution in [-0.2, 0) is 0 Å². The normalized spacial score (nSPS) is 15.2. The summed E-state index contributed by atoms with van der Waals surface area (Å²) in [7, 11) is 0. The molecular formula is C11H17N. The summed E-state index contributed by atoms with van der Waals surface area (Å²) < 4.78 is 0. The lowest BCUT2D eigenvalue weighted by Gasteiger charge is -2.23. The van der Waals surface area contributed by atoms with Crippen molar-refractivity contribution in [2.24, 2.45) is 10.4 Å². The van der Waals surface area contributed by atoms with Crippen molar-refractivity contribution in [3.8, 4) is 12.3 Å². The second-order valence-corrected chi connectivity index (χ2v) is 3.78. The van der Waals surface area contributed by atoms with Crippen LogP contribution < -0.4 is 0 Å². The van der Waals surface area contributed by atoms with Crippen LogP contribution in [0, 0.1) is 17.8 Å². The Balaban J connectivity index is 4.47. The molecule has 1 heteroatoms. The summed E-state index contributed by atoms with van der Waals surface area (Å²) in [5, 5.41) is 0. The van der Waals surface area contributed by atoms with E-state index in [4.69, 9.17) is 6.42 Å². The number of allylic oxidation sites excluding steroid dienone is 1. The molecule has 0 unspecified atom stereocenters. The van der Waals surface area contributed by atoms with Crippen molar-refractivity contribution >= 4 is 6.21 Å². The zero-order valence-electron chi connectivity index (χ0n) is 8.33. The minimum Gasteiger partial charge on any atom is -0.276 e. The lowest BCUT2D eigenvalue weighted by molar-refractivity contribution is 0.368. The third kappa shape index (κ3) is 3.98. The molecule has 0 saturated heterocycles. The van der Waals surface area contributed by atoms with E-state index < -0.39 is 0 Å². The van der Waals surface area contributed by atoms with Crippen molar-refractivity contribution in [1.82, 2.24) is 0 Å². The molecule has 1 atom stereocenters. The second-order valence-electron chi connectivity index (χ2n) is 3.78. The largest absolute Gasteiger partial charge is 0.276 e. The molecule has 0 spiro atoms. The molecule has 0 aliphatic heterocycles. The molecule has 0 radical (unpaired) electrons. The molecule has 0 aromatic heterocycles. The maximum Gasteiger partial charge on any atom is 0.0735 e. The van der Waals surface area contributed by atoms with Gasteiger partial charge in [0.2, 0.25) is 0 Å². The highest BCUT2D eigenvalue weighted by Gasteiger charge is 2.20. The van der Waals surface area contributed by atoms with Crippen LogP contribution in [0.3, 0.4) is 0 Å². The van der Waals surface area contributed by atoms with Crippen molar-refractivity contribution < 1.29 is 0 Å². The molecule has 0 saturated carbocycles. The monoisotopic (exact) mass is 163 g/mol. The zero-order chi connectivity index (χ0) is 9.61. The van der Waals surface area contributed by atoms with Gasteiger partial charge in [-0.15, -0.1) is 6.42 Å². The van der Waals surface area contributed by atoms with Crippen LogP contribution in [-0.4, -0.2) is 12.3 Å². The Hall–Kier alpha value is -1.03. The number of terminal acetylenes is 1. The molecule has 66 valence electrons. The van der Waals surface area contributed by atoms with Crippen molar-refractivity contribution in [2.45, 2.75) is 33.7 Å². The third-order valence-electron chi connectivity index (χ3n) is 1.57. The van der Waals surface area contributed by atoms with Crippen molar-refractivity contribution in [2.75, 3.05) is 0 Å². The van der Waals surface area contributed by atoms with Crippen molar-refractivity contribution in [3.05, 3.63) is 12.2 Å². The first-order valence-corrected chi connectivity index (χ1v) is 4.13. The molecule has 0 rings (SSSR count). The van der Waals surface area contributed by atoms with E-state index in [2.05, 4.69) is 37.8 Å². The molecule has 1 nitrogen and oxygen atoms in total. The fraction of sp³-hybridized carbons (Fsp3) is 0.545. The summed E-state index contributed by atoms with van der Waals surface area (Å²) in [5.41, 5.74) is 0.139. The Bertz CT molecular complexity index is 210. The zero-order valence-corrected chi connectivity index (χ0v) is 8.33. The molecule has 0 aliphatic carbocycles. The van der Waals surface area contributed by atoms with E-state index in [0.717, 1.165) is 0 Å². The van der Waals surface area contributed by atoms with Gasteiger partial charge in [-0.3, -0.25) is 4.99 Å². The molecule has 0 aromatic carbocycles. The maximum atomic E-state index is 5.09. The Morgan fingerprint density at radius 2 is 2.00 bits per heavy atom. The molecule has 12 heavy (non-hydrogen) atoms. The number of hydrogen-bond donors (Lipinski definition) is 0. The van der Waals surface area contributed by atoms with Gasteiger partial charge in [0.1, 0.15) is 0 Å². The van der Waals surface area contributed by atoms with Gasteiger partial charge in [-0.1, -0.05) is 38.8 Å². The molecule has 0 fully saturated rings. The highest BCUT2D eigenvalue weighted by atomic mass is 14.8. The second kappa shape index (κ2) is 4.77. The highest BCUT2D eigenvalue weighted by molar-refractivity contribution is 5.77. The van der Waals surface area contributed by atoms with Crippen LogP contribution in [0.1, 0.15) is 27.7 Å². The molecule has 0 amide bonds. The van der Waals surface area contributed by atoms with E-state index >= 15 is 0 Å². The van der Waals surface area contributed by atoms with Crippen LogP contribution in [0.15, 0.2) is 17.1 Å². The van der Waals surface area contributed by atoms with E-state index in [9.17, 15) is 0 Å². The van der Waals surface area contributed by atoms with E-state index in [1.165, 1.54) is 6.21 Å². The number of rotatable bonds is 2. The maximum absolute atomic E-state index is 5.09. The van der Waals surface area contributed by atoms with Crippen LogP contribution in [0.25, 0.3) is 0 Å². The lowest BCUT2D eigenvalue weighted by Crippen LogP contribution is -2.22. The van der Waals surface area contributed by atoms with Gasteiger partial charge in [-0.2, -0.15) is 0 Å². The Morgan fingerprint density at radius 1 is 1.42 bits per heavy atom. The SMILES string of the molecule is C#CC=N[C@@H](/C=C\C)C(C)(C)C. The van der Waals surface area contributed by atoms with Crippen LogP contribution in [0.5, 0.6) is 0 Å². The topological polar surface area (TPSA) is 12.4 Å². The van der Waals surface area contributed by atoms with Gasteiger partial charge >= 0.3 is 0 Å². The number of nitrogens with zero attached hydrogens (tertiary/aromatic N) is 1. The molecule has 0 bridgehead atoms. The first-order chi connectivity index (χ1) is 5.52. The van der Waals surface area contributed by atoms with E-state index in [1.807, 2.05) is 13.0 Å². The van der Waals surface area contributed by atoms with E-state index in [1.54, 1.807) is 0 Å². The van der Waals surface area contributed by atoms with Crippen molar-refractivity contribution in [1.29, 1.82) is 0 Å². The Morgan fingerprint density at radius 3 is 2.33 bits per heavy atom. The summed E-state index contributed by atoms with van der Waals surface area (Å²) in [6.07, 6.45) is 10.7. The average Bonchev–Trinajstić information content (AvgIpc) is 1.95. The smallest absolute Gasteiger partial charge is 0.0735 e. The van der Waals surface area contributed by atoms with Gasteiger partial charge < -0.3 is 0 Å². The van der Waals surface area contributed by atoms with Crippen LogP contribution in [0.2, 0.25) is 0 Å². The molecule has 0 aliphatic rings. The van der Waals surface area contributed by atoms with Gasteiger partial charge in [-0.05, 0) is 12.3 Å². The summed E-state index contributed by atoms with van der Waals surface area (Å²) in [6.45, 7) is 8.42. The van der Waals surface area contributed by atoms with Gasteiger partial charge in [0.25, 0.3) is 0 Å². The predicted molar refractivity (Wildman–Crippen MR) is 55.4 cm³/mol. The van der Waals surface area contributed by atoms with Crippen LogP contribution in [0.4, 0.5) is 0 Å². The summed E-state index contributed by atoms with van der Waals surface area (Å²) >= 11 is 0. The Kier molecular flexibility index (Phi) is 4.36. The summed E-state index contributed by atoms with van der Waals surface area (Å²) in [6, 6.07) is 0.179. The predicted octanol–water partition coefficient (Wildman–Crippen LogP) is 2.68. The Labute approximate surface area is 75.6 Å². The third-order valence-corrected chi connectivity index (χ3v) is 1.57. The molecule has 0 aromatic rings. The van der Waals surface area contributed by atoms with Gasteiger partial charge in [-0.25, -0.2) is 0 Å². The van der Waals surface area contributed by atoms with Gasteiger partial charge in [0.15, 0.2) is 0 Å².